The zero-order chi connectivity index (χ0) is 12.3. The first-order valence-corrected chi connectivity index (χ1v) is 5.98. The van der Waals surface area contributed by atoms with E-state index in [1.165, 1.54) is 5.56 Å². The minimum atomic E-state index is 0.650. The van der Waals surface area contributed by atoms with Crippen molar-refractivity contribution in [1.29, 1.82) is 0 Å². The van der Waals surface area contributed by atoms with Gasteiger partial charge in [-0.3, -0.25) is 0 Å². The largest absolute Gasteiger partial charge is 0.492 e. The Balaban J connectivity index is 2.64. The molecule has 90 valence electrons. The number of aromatic nitrogens is 1. The van der Waals surface area contributed by atoms with Crippen molar-refractivity contribution in [2.45, 2.75) is 20.3 Å². The normalized spacial score (nSPS) is 10.8. The summed E-state index contributed by atoms with van der Waals surface area (Å²) in [4.78, 5) is 4.57. The summed E-state index contributed by atoms with van der Waals surface area (Å²) >= 11 is 0. The van der Waals surface area contributed by atoms with Gasteiger partial charge in [-0.2, -0.15) is 0 Å². The number of hydrogen-bond acceptors (Lipinski definition) is 3. The second-order valence-corrected chi connectivity index (χ2v) is 4.05. The summed E-state index contributed by atoms with van der Waals surface area (Å²) in [7, 11) is 0. The molecule has 0 unspecified atom stereocenters. The summed E-state index contributed by atoms with van der Waals surface area (Å²) < 4.78 is 5.61. The highest BCUT2D eigenvalue weighted by molar-refractivity contribution is 5.87. The standard InChI is InChI=1S/C14H18N2O/c1-3-17-13-6-4-5-12-11(7-8-15)9-10(2)16-14(12)13/h4-6,9H,3,7-8,15H2,1-2H3. The Morgan fingerprint density at radius 2 is 2.18 bits per heavy atom. The van der Waals surface area contributed by atoms with Gasteiger partial charge in [-0.1, -0.05) is 12.1 Å². The van der Waals surface area contributed by atoms with Crippen LogP contribution in [0.2, 0.25) is 0 Å². The number of nitrogens with two attached hydrogens (primary N) is 1. The van der Waals surface area contributed by atoms with Gasteiger partial charge in [0.1, 0.15) is 11.3 Å². The molecule has 0 spiro atoms. The van der Waals surface area contributed by atoms with Crippen molar-refractivity contribution < 1.29 is 4.74 Å². The molecule has 0 atom stereocenters. The molecule has 1 aromatic heterocycles. The van der Waals surface area contributed by atoms with Crippen LogP contribution in [0, 0.1) is 6.92 Å². The fourth-order valence-electron chi connectivity index (χ4n) is 2.07. The lowest BCUT2D eigenvalue weighted by Crippen LogP contribution is -2.04. The molecule has 0 bridgehead atoms. The van der Waals surface area contributed by atoms with Crippen molar-refractivity contribution in [3.8, 4) is 5.75 Å². The van der Waals surface area contributed by atoms with Gasteiger partial charge >= 0.3 is 0 Å². The maximum Gasteiger partial charge on any atom is 0.145 e. The van der Waals surface area contributed by atoms with Crippen molar-refractivity contribution in [2.24, 2.45) is 5.73 Å². The van der Waals surface area contributed by atoms with E-state index in [4.69, 9.17) is 10.5 Å². The molecule has 17 heavy (non-hydrogen) atoms. The number of aryl methyl sites for hydroxylation is 1. The first-order valence-electron chi connectivity index (χ1n) is 5.98. The topological polar surface area (TPSA) is 48.1 Å². The van der Waals surface area contributed by atoms with E-state index in [0.29, 0.717) is 13.2 Å². The van der Waals surface area contributed by atoms with Crippen LogP contribution in [0.25, 0.3) is 10.9 Å². The molecule has 3 nitrogen and oxygen atoms in total. The molecule has 0 fully saturated rings. The van der Waals surface area contributed by atoms with Crippen molar-refractivity contribution in [3.63, 3.8) is 0 Å². The van der Waals surface area contributed by atoms with Gasteiger partial charge in [-0.05, 0) is 44.5 Å². The average molecular weight is 230 g/mol. The Hall–Kier alpha value is -1.61. The summed E-state index contributed by atoms with van der Waals surface area (Å²) in [5, 5.41) is 1.15. The maximum atomic E-state index is 5.65. The molecule has 0 amide bonds. The summed E-state index contributed by atoms with van der Waals surface area (Å²) in [5.41, 5.74) is 8.84. The minimum absolute atomic E-state index is 0.650. The van der Waals surface area contributed by atoms with Crippen LogP contribution in [0.15, 0.2) is 24.3 Å². The summed E-state index contributed by atoms with van der Waals surface area (Å²) in [6, 6.07) is 8.15. The molecule has 1 heterocycles. The zero-order valence-electron chi connectivity index (χ0n) is 10.4. The third-order valence-electron chi connectivity index (χ3n) is 2.73. The summed E-state index contributed by atoms with van der Waals surface area (Å²) in [6.45, 7) is 5.29. The van der Waals surface area contributed by atoms with E-state index in [9.17, 15) is 0 Å². The second-order valence-electron chi connectivity index (χ2n) is 4.05. The van der Waals surface area contributed by atoms with Crippen molar-refractivity contribution >= 4 is 10.9 Å². The third-order valence-corrected chi connectivity index (χ3v) is 2.73. The van der Waals surface area contributed by atoms with Crippen LogP contribution in [0.5, 0.6) is 5.75 Å². The molecule has 0 radical (unpaired) electrons. The fraction of sp³-hybridized carbons (Fsp3) is 0.357. The van der Waals surface area contributed by atoms with E-state index in [0.717, 1.165) is 28.8 Å². The number of hydrogen-bond donors (Lipinski definition) is 1. The molecule has 0 aliphatic heterocycles. The van der Waals surface area contributed by atoms with Crippen LogP contribution in [-0.2, 0) is 6.42 Å². The Bertz CT molecular complexity index is 523. The van der Waals surface area contributed by atoms with Gasteiger partial charge < -0.3 is 10.5 Å². The molecular formula is C14H18N2O. The summed E-state index contributed by atoms with van der Waals surface area (Å²) in [5.74, 6) is 0.854. The van der Waals surface area contributed by atoms with E-state index in [1.807, 2.05) is 26.0 Å². The Morgan fingerprint density at radius 3 is 2.88 bits per heavy atom. The highest BCUT2D eigenvalue weighted by Crippen LogP contribution is 2.27. The SMILES string of the molecule is CCOc1cccc2c(CCN)cc(C)nc12. The third kappa shape index (κ3) is 2.39. The van der Waals surface area contributed by atoms with Gasteiger partial charge in [0.05, 0.1) is 6.61 Å². The number of pyridine rings is 1. The maximum absolute atomic E-state index is 5.65. The molecular weight excluding hydrogens is 212 g/mol. The van der Waals surface area contributed by atoms with E-state index in [-0.39, 0.29) is 0 Å². The molecule has 3 heteroatoms. The van der Waals surface area contributed by atoms with E-state index < -0.39 is 0 Å². The lowest BCUT2D eigenvalue weighted by molar-refractivity contribution is 0.343. The van der Waals surface area contributed by atoms with E-state index in [2.05, 4.69) is 17.1 Å². The van der Waals surface area contributed by atoms with Crippen LogP contribution in [0.4, 0.5) is 0 Å². The first kappa shape index (κ1) is 11.9. The molecule has 2 rings (SSSR count). The van der Waals surface area contributed by atoms with Gasteiger partial charge in [0.15, 0.2) is 0 Å². The van der Waals surface area contributed by atoms with Crippen LogP contribution in [-0.4, -0.2) is 18.1 Å². The van der Waals surface area contributed by atoms with Crippen LogP contribution < -0.4 is 10.5 Å². The molecule has 2 aromatic rings. The predicted octanol–water partition coefficient (Wildman–Crippen LogP) is 2.44. The molecule has 1 aromatic carbocycles. The monoisotopic (exact) mass is 230 g/mol. The number of fused-ring (bicyclic) bond motifs is 1. The van der Waals surface area contributed by atoms with E-state index in [1.54, 1.807) is 0 Å². The van der Waals surface area contributed by atoms with E-state index >= 15 is 0 Å². The average Bonchev–Trinajstić information content (AvgIpc) is 2.31. The van der Waals surface area contributed by atoms with Crippen LogP contribution in [0.1, 0.15) is 18.2 Å². The van der Waals surface area contributed by atoms with Gasteiger partial charge in [-0.15, -0.1) is 0 Å². The molecule has 2 N–H and O–H groups in total. The van der Waals surface area contributed by atoms with Crippen molar-refractivity contribution in [1.82, 2.24) is 4.98 Å². The number of benzene rings is 1. The predicted molar refractivity (Wildman–Crippen MR) is 70.4 cm³/mol. The quantitative estimate of drug-likeness (QED) is 0.877. The lowest BCUT2D eigenvalue weighted by atomic mass is 10.0. The molecule has 0 saturated heterocycles. The minimum Gasteiger partial charge on any atom is -0.492 e. The molecule has 0 saturated carbocycles. The van der Waals surface area contributed by atoms with Gasteiger partial charge in [0, 0.05) is 11.1 Å². The summed E-state index contributed by atoms with van der Waals surface area (Å²) in [6.07, 6.45) is 0.870. The van der Waals surface area contributed by atoms with Crippen molar-refractivity contribution in [2.75, 3.05) is 13.2 Å². The van der Waals surface area contributed by atoms with Gasteiger partial charge in [0.25, 0.3) is 0 Å². The van der Waals surface area contributed by atoms with Gasteiger partial charge in [-0.25, -0.2) is 4.98 Å². The smallest absolute Gasteiger partial charge is 0.145 e. The number of ether oxygens (including phenoxy) is 1. The van der Waals surface area contributed by atoms with Crippen LogP contribution in [0.3, 0.4) is 0 Å². The zero-order valence-corrected chi connectivity index (χ0v) is 10.4. The second kappa shape index (κ2) is 5.15. The van der Waals surface area contributed by atoms with Crippen LogP contribution >= 0.6 is 0 Å². The number of para-hydroxylation sites is 1. The molecule has 0 aliphatic carbocycles. The fourth-order valence-corrected chi connectivity index (χ4v) is 2.07. The van der Waals surface area contributed by atoms with Crippen molar-refractivity contribution in [3.05, 3.63) is 35.5 Å². The molecule has 0 aliphatic rings. The first-order chi connectivity index (χ1) is 8.26. The highest BCUT2D eigenvalue weighted by atomic mass is 16.5. The number of rotatable bonds is 4. The number of nitrogens with zero attached hydrogens (tertiary/aromatic N) is 1. The Morgan fingerprint density at radius 1 is 1.35 bits per heavy atom. The lowest BCUT2D eigenvalue weighted by Gasteiger charge is -2.11. The highest BCUT2D eigenvalue weighted by Gasteiger charge is 2.08. The van der Waals surface area contributed by atoms with Gasteiger partial charge in [0.2, 0.25) is 0 Å². The Labute approximate surface area is 102 Å². The Kier molecular flexibility index (Phi) is 3.59.